The monoisotopic (exact) mass is 485 g/mol. The van der Waals surface area contributed by atoms with Crippen LogP contribution in [0, 0.1) is 0 Å². The molecule has 12 heteroatoms. The van der Waals surface area contributed by atoms with E-state index >= 15 is 0 Å². The second kappa shape index (κ2) is 9.51. The molecular formula is C22H23N5O6S. The Morgan fingerprint density at radius 1 is 1.12 bits per heavy atom. The predicted molar refractivity (Wildman–Crippen MR) is 124 cm³/mol. The van der Waals surface area contributed by atoms with Crippen LogP contribution in [0.5, 0.6) is 23.3 Å². The molecular weight excluding hydrogens is 462 g/mol. The second-order valence-corrected chi connectivity index (χ2v) is 9.61. The van der Waals surface area contributed by atoms with Gasteiger partial charge in [-0.3, -0.25) is 4.57 Å². The summed E-state index contributed by atoms with van der Waals surface area (Å²) in [7, 11) is -1.97. The quantitative estimate of drug-likeness (QED) is 0.378. The van der Waals surface area contributed by atoms with Crippen LogP contribution in [0.2, 0.25) is 0 Å². The van der Waals surface area contributed by atoms with Gasteiger partial charge in [-0.15, -0.1) is 0 Å². The van der Waals surface area contributed by atoms with Crippen molar-refractivity contribution in [2.24, 2.45) is 0 Å². The third-order valence-electron chi connectivity index (χ3n) is 4.93. The summed E-state index contributed by atoms with van der Waals surface area (Å²) < 4.78 is 42.5. The largest absolute Gasteiger partial charge is 0.493 e. The number of methoxy groups -OCH3 is 1. The maximum Gasteiger partial charge on any atom is 0.328 e. The lowest BCUT2D eigenvalue weighted by Crippen LogP contribution is -2.28. The van der Waals surface area contributed by atoms with Crippen molar-refractivity contribution in [3.05, 3.63) is 65.0 Å². The molecule has 1 unspecified atom stereocenters. The van der Waals surface area contributed by atoms with E-state index in [-0.39, 0.29) is 17.4 Å². The molecule has 1 atom stereocenters. The molecule has 34 heavy (non-hydrogen) atoms. The van der Waals surface area contributed by atoms with Crippen LogP contribution >= 0.6 is 0 Å². The van der Waals surface area contributed by atoms with Gasteiger partial charge in [0.15, 0.2) is 22.9 Å². The van der Waals surface area contributed by atoms with E-state index in [1.165, 1.54) is 30.3 Å². The van der Waals surface area contributed by atoms with Gasteiger partial charge in [0.25, 0.3) is 0 Å². The van der Waals surface area contributed by atoms with E-state index in [9.17, 15) is 13.2 Å². The Morgan fingerprint density at radius 2 is 1.88 bits per heavy atom. The number of hydrogen-bond donors (Lipinski definition) is 1. The van der Waals surface area contributed by atoms with E-state index in [4.69, 9.17) is 14.2 Å². The molecule has 1 N–H and O–H groups in total. The van der Waals surface area contributed by atoms with Crippen LogP contribution in [0.4, 0.5) is 0 Å². The van der Waals surface area contributed by atoms with Crippen molar-refractivity contribution in [2.45, 2.75) is 13.0 Å². The van der Waals surface area contributed by atoms with Crippen molar-refractivity contribution in [1.29, 1.82) is 0 Å². The summed E-state index contributed by atoms with van der Waals surface area (Å²) in [4.78, 5) is 28.1. The average Bonchev–Trinajstić information content (AvgIpc) is 3.12. The molecule has 11 nitrogen and oxygen atoms in total. The SMILES string of the molecule is CCOc1cc(C(CS(C)(=O)=O)n2c(=O)[nH]c3cc(Oc4ncccn4)cnc32)ccc1OC. The fourth-order valence-corrected chi connectivity index (χ4v) is 4.47. The first-order valence-electron chi connectivity index (χ1n) is 10.3. The fourth-order valence-electron chi connectivity index (χ4n) is 3.56. The Bertz CT molecular complexity index is 1470. The molecule has 3 heterocycles. The van der Waals surface area contributed by atoms with Crippen molar-refractivity contribution < 1.29 is 22.6 Å². The predicted octanol–water partition coefficient (Wildman–Crippen LogP) is 2.35. The Morgan fingerprint density at radius 3 is 2.56 bits per heavy atom. The normalized spacial score (nSPS) is 12.4. The molecule has 0 aliphatic rings. The van der Waals surface area contributed by atoms with E-state index in [1.54, 1.807) is 30.3 Å². The van der Waals surface area contributed by atoms with Crippen molar-refractivity contribution >= 4 is 21.0 Å². The summed E-state index contributed by atoms with van der Waals surface area (Å²) >= 11 is 0. The second-order valence-electron chi connectivity index (χ2n) is 7.43. The number of aromatic amines is 1. The Kier molecular flexibility index (Phi) is 6.50. The number of sulfone groups is 1. The number of benzene rings is 1. The molecule has 0 fully saturated rings. The number of nitrogens with one attached hydrogen (secondary N) is 1. The molecule has 4 rings (SSSR count). The summed E-state index contributed by atoms with van der Waals surface area (Å²) in [5, 5.41) is 0. The van der Waals surface area contributed by atoms with Gasteiger partial charge in [-0.25, -0.2) is 28.2 Å². The van der Waals surface area contributed by atoms with Crippen LogP contribution in [0.25, 0.3) is 11.2 Å². The number of hydrogen-bond acceptors (Lipinski definition) is 9. The van der Waals surface area contributed by atoms with E-state index in [2.05, 4.69) is 19.9 Å². The maximum absolute atomic E-state index is 13.0. The highest BCUT2D eigenvalue weighted by Gasteiger charge is 2.25. The van der Waals surface area contributed by atoms with Crippen molar-refractivity contribution in [3.8, 4) is 23.3 Å². The first-order chi connectivity index (χ1) is 16.3. The van der Waals surface area contributed by atoms with Crippen molar-refractivity contribution in [2.75, 3.05) is 25.7 Å². The van der Waals surface area contributed by atoms with E-state index in [0.29, 0.717) is 34.9 Å². The summed E-state index contributed by atoms with van der Waals surface area (Å²) in [5.41, 5.74) is 0.680. The van der Waals surface area contributed by atoms with Gasteiger partial charge in [-0.1, -0.05) is 6.07 Å². The lowest BCUT2D eigenvalue weighted by atomic mass is 10.1. The standard InChI is InChI=1S/C22H23N5O6S/c1-4-32-19-10-14(6-7-18(19)31-2)17(13-34(3,29)30)27-20-16(26-22(27)28)11-15(12-25-20)33-21-23-8-5-9-24-21/h5-12,17H,4,13H2,1-3H3,(H,26,28). The summed E-state index contributed by atoms with van der Waals surface area (Å²) in [6, 6.07) is 7.55. The Hall–Kier alpha value is -3.93. The molecule has 0 radical (unpaired) electrons. The minimum atomic E-state index is -3.49. The van der Waals surface area contributed by atoms with E-state index < -0.39 is 21.6 Å². The van der Waals surface area contributed by atoms with Gasteiger partial charge in [0.2, 0.25) is 0 Å². The Balaban J connectivity index is 1.81. The highest BCUT2D eigenvalue weighted by molar-refractivity contribution is 7.90. The molecule has 0 saturated heterocycles. The number of rotatable bonds is 9. The minimum Gasteiger partial charge on any atom is -0.493 e. The molecule has 3 aromatic heterocycles. The number of ether oxygens (including phenoxy) is 3. The molecule has 0 aliphatic carbocycles. The number of imidazole rings is 1. The number of fused-ring (bicyclic) bond motifs is 1. The van der Waals surface area contributed by atoms with Crippen LogP contribution in [0.3, 0.4) is 0 Å². The van der Waals surface area contributed by atoms with Crippen LogP contribution < -0.4 is 19.9 Å². The van der Waals surface area contributed by atoms with Crippen LogP contribution in [-0.2, 0) is 9.84 Å². The molecule has 0 saturated carbocycles. The van der Waals surface area contributed by atoms with Crippen LogP contribution in [0.15, 0.2) is 53.7 Å². The fraction of sp³-hybridized carbons (Fsp3) is 0.273. The lowest BCUT2D eigenvalue weighted by Gasteiger charge is -2.20. The van der Waals surface area contributed by atoms with Gasteiger partial charge in [-0.05, 0) is 30.7 Å². The Labute approximate surface area is 195 Å². The van der Waals surface area contributed by atoms with Crippen LogP contribution in [-0.4, -0.2) is 58.6 Å². The van der Waals surface area contributed by atoms with Gasteiger partial charge in [0, 0.05) is 24.7 Å². The molecule has 4 aromatic rings. The van der Waals surface area contributed by atoms with E-state index in [1.807, 2.05) is 6.92 Å². The summed E-state index contributed by atoms with van der Waals surface area (Å²) in [6.07, 6.45) is 5.60. The summed E-state index contributed by atoms with van der Waals surface area (Å²) in [5.74, 6) is 0.934. The number of pyridine rings is 1. The zero-order valence-corrected chi connectivity index (χ0v) is 19.6. The van der Waals surface area contributed by atoms with Crippen LogP contribution in [0.1, 0.15) is 18.5 Å². The molecule has 178 valence electrons. The van der Waals surface area contributed by atoms with Gasteiger partial charge < -0.3 is 19.2 Å². The third kappa shape index (κ3) is 5.01. The topological polar surface area (TPSA) is 138 Å². The number of nitrogens with zero attached hydrogens (tertiary/aromatic N) is 4. The smallest absolute Gasteiger partial charge is 0.328 e. The minimum absolute atomic E-state index is 0.127. The number of aromatic nitrogens is 5. The number of H-pyrrole nitrogens is 1. The highest BCUT2D eigenvalue weighted by Crippen LogP contribution is 2.33. The highest BCUT2D eigenvalue weighted by atomic mass is 32.2. The molecule has 0 bridgehead atoms. The first kappa shape index (κ1) is 23.2. The van der Waals surface area contributed by atoms with Crippen molar-refractivity contribution in [3.63, 3.8) is 0 Å². The zero-order chi connectivity index (χ0) is 24.3. The molecule has 1 aromatic carbocycles. The van der Waals surface area contributed by atoms with Gasteiger partial charge in [-0.2, -0.15) is 0 Å². The lowest BCUT2D eigenvalue weighted by molar-refractivity contribution is 0.310. The molecule has 0 spiro atoms. The zero-order valence-electron chi connectivity index (χ0n) is 18.8. The third-order valence-corrected chi connectivity index (χ3v) is 5.85. The van der Waals surface area contributed by atoms with Gasteiger partial charge in [0.1, 0.15) is 9.84 Å². The van der Waals surface area contributed by atoms with Gasteiger partial charge in [0.05, 0.1) is 37.2 Å². The molecule has 0 amide bonds. The average molecular weight is 486 g/mol. The first-order valence-corrected chi connectivity index (χ1v) is 12.4. The maximum atomic E-state index is 13.0. The summed E-state index contributed by atoms with van der Waals surface area (Å²) in [6.45, 7) is 2.22. The van der Waals surface area contributed by atoms with E-state index in [0.717, 1.165) is 6.26 Å². The molecule has 0 aliphatic heterocycles. The van der Waals surface area contributed by atoms with Gasteiger partial charge >= 0.3 is 11.7 Å². The van der Waals surface area contributed by atoms with Crippen molar-refractivity contribution in [1.82, 2.24) is 24.5 Å².